The van der Waals surface area contributed by atoms with Crippen LogP contribution >= 0.6 is 11.6 Å². The number of hydrogen-bond acceptors (Lipinski definition) is 3. The molecule has 1 saturated heterocycles. The first-order valence-electron chi connectivity index (χ1n) is 10.5. The largest absolute Gasteiger partial charge is 0.350 e. The highest BCUT2D eigenvalue weighted by molar-refractivity contribution is 6.33. The molecule has 156 valence electrons. The van der Waals surface area contributed by atoms with Gasteiger partial charge in [0.15, 0.2) is 0 Å². The quantitative estimate of drug-likeness (QED) is 0.611. The van der Waals surface area contributed by atoms with E-state index in [1.54, 1.807) is 4.68 Å². The molecule has 1 unspecified atom stereocenters. The van der Waals surface area contributed by atoms with E-state index >= 15 is 0 Å². The van der Waals surface area contributed by atoms with Crippen LogP contribution in [0.5, 0.6) is 0 Å². The molecule has 0 aliphatic carbocycles. The van der Waals surface area contributed by atoms with E-state index in [1.807, 2.05) is 43.3 Å². The van der Waals surface area contributed by atoms with Gasteiger partial charge in [-0.3, -0.25) is 9.69 Å². The van der Waals surface area contributed by atoms with Crippen LogP contribution in [0.4, 0.5) is 0 Å². The summed E-state index contributed by atoms with van der Waals surface area (Å²) in [6.45, 7) is 5.03. The number of amides is 1. The van der Waals surface area contributed by atoms with Gasteiger partial charge in [-0.25, -0.2) is 4.68 Å². The Hall–Kier alpha value is -2.63. The number of carbonyl (C=O) groups excluding carboxylic acids is 1. The summed E-state index contributed by atoms with van der Waals surface area (Å²) in [5.41, 5.74) is 3.42. The van der Waals surface area contributed by atoms with Crippen LogP contribution in [0.3, 0.4) is 0 Å². The van der Waals surface area contributed by atoms with Crippen molar-refractivity contribution < 1.29 is 4.79 Å². The zero-order valence-corrected chi connectivity index (χ0v) is 18.0. The van der Waals surface area contributed by atoms with E-state index in [4.69, 9.17) is 11.6 Å². The fourth-order valence-corrected chi connectivity index (χ4v) is 4.46. The molecule has 1 fully saturated rings. The van der Waals surface area contributed by atoms with Crippen molar-refractivity contribution in [3.8, 4) is 0 Å². The van der Waals surface area contributed by atoms with Crippen molar-refractivity contribution >= 4 is 17.5 Å². The highest BCUT2D eigenvalue weighted by Crippen LogP contribution is 2.25. The first-order chi connectivity index (χ1) is 14.6. The smallest absolute Gasteiger partial charge is 0.256 e. The van der Waals surface area contributed by atoms with Gasteiger partial charge < -0.3 is 5.32 Å². The van der Waals surface area contributed by atoms with Crippen LogP contribution in [0.25, 0.3) is 0 Å². The summed E-state index contributed by atoms with van der Waals surface area (Å²) in [5, 5.41) is 8.00. The molecule has 1 N–H and O–H groups in total. The number of hydrogen-bond donors (Lipinski definition) is 1. The van der Waals surface area contributed by atoms with Crippen LogP contribution in [0, 0.1) is 6.92 Å². The number of nitrogens with zero attached hydrogens (tertiary/aromatic N) is 3. The van der Waals surface area contributed by atoms with Gasteiger partial charge in [-0.05, 0) is 44.0 Å². The van der Waals surface area contributed by atoms with Gasteiger partial charge in [0.1, 0.15) is 5.15 Å². The van der Waals surface area contributed by atoms with Gasteiger partial charge in [-0.15, -0.1) is 0 Å². The monoisotopic (exact) mass is 422 g/mol. The summed E-state index contributed by atoms with van der Waals surface area (Å²) in [5.74, 6) is -0.170. The molecule has 5 nitrogen and oxygen atoms in total. The molecule has 2 aromatic carbocycles. The highest BCUT2D eigenvalue weighted by atomic mass is 35.5. The molecule has 2 heterocycles. The van der Waals surface area contributed by atoms with E-state index < -0.39 is 0 Å². The first kappa shape index (κ1) is 20.6. The minimum Gasteiger partial charge on any atom is -0.350 e. The molecule has 6 heteroatoms. The topological polar surface area (TPSA) is 50.2 Å². The Labute approximate surface area is 182 Å². The van der Waals surface area contributed by atoms with Gasteiger partial charge in [0.2, 0.25) is 0 Å². The number of rotatable bonds is 7. The lowest BCUT2D eigenvalue weighted by Crippen LogP contribution is -2.37. The molecule has 1 amide bonds. The Bertz CT molecular complexity index is 981. The highest BCUT2D eigenvalue weighted by Gasteiger charge is 2.26. The zero-order chi connectivity index (χ0) is 20.9. The molecule has 0 saturated carbocycles. The second kappa shape index (κ2) is 9.45. The summed E-state index contributed by atoms with van der Waals surface area (Å²) in [4.78, 5) is 15.5. The number of aryl methyl sites for hydroxylation is 1. The Kier molecular flexibility index (Phi) is 6.50. The number of likely N-dealkylation sites (tertiary alicyclic amines) is 1. The second-order valence-corrected chi connectivity index (χ2v) is 8.13. The van der Waals surface area contributed by atoms with Gasteiger partial charge in [-0.1, -0.05) is 72.3 Å². The number of carbonyl (C=O) groups is 1. The summed E-state index contributed by atoms with van der Waals surface area (Å²) in [6.07, 6.45) is 2.41. The van der Waals surface area contributed by atoms with Gasteiger partial charge >= 0.3 is 0 Å². The fraction of sp³-hybridized carbons (Fsp3) is 0.333. The van der Waals surface area contributed by atoms with Gasteiger partial charge in [0.25, 0.3) is 5.91 Å². The molecule has 4 rings (SSSR count). The van der Waals surface area contributed by atoms with Gasteiger partial charge in [0, 0.05) is 6.54 Å². The Morgan fingerprint density at radius 2 is 1.70 bits per heavy atom. The predicted octanol–water partition coefficient (Wildman–Crippen LogP) is 4.46. The predicted molar refractivity (Wildman–Crippen MR) is 120 cm³/mol. The SMILES string of the molecule is Cc1nn(Cc2ccccc2)c(Cl)c1C(=O)NCC(c1ccccc1)N1CCCC1. The molecule has 30 heavy (non-hydrogen) atoms. The van der Waals surface area contributed by atoms with Gasteiger partial charge in [-0.2, -0.15) is 5.10 Å². The molecule has 0 bridgehead atoms. The number of aromatic nitrogens is 2. The second-order valence-electron chi connectivity index (χ2n) is 7.77. The molecule has 0 radical (unpaired) electrons. The van der Waals surface area contributed by atoms with E-state index in [9.17, 15) is 4.79 Å². The van der Waals surface area contributed by atoms with Crippen molar-refractivity contribution in [2.45, 2.75) is 32.4 Å². The van der Waals surface area contributed by atoms with Crippen molar-refractivity contribution in [1.82, 2.24) is 20.0 Å². The standard InChI is InChI=1S/C24H27ClN4O/c1-18-22(23(25)29(27-18)17-19-10-4-2-5-11-19)24(30)26-16-21(28-14-8-9-15-28)20-12-6-3-7-13-20/h2-7,10-13,21H,8-9,14-17H2,1H3,(H,26,30). The molecule has 1 aliphatic heterocycles. The maximum absolute atomic E-state index is 13.0. The van der Waals surface area contributed by atoms with Gasteiger partial charge in [0.05, 0.1) is 23.8 Å². The average molecular weight is 423 g/mol. The van der Waals surface area contributed by atoms with Crippen LogP contribution in [0.15, 0.2) is 60.7 Å². The minimum atomic E-state index is -0.170. The lowest BCUT2D eigenvalue weighted by Gasteiger charge is -2.28. The maximum Gasteiger partial charge on any atom is 0.256 e. The lowest BCUT2D eigenvalue weighted by molar-refractivity contribution is 0.0937. The van der Waals surface area contributed by atoms with Crippen LogP contribution in [-0.4, -0.2) is 40.2 Å². The van der Waals surface area contributed by atoms with Crippen LogP contribution < -0.4 is 5.32 Å². The third kappa shape index (κ3) is 4.58. The molecule has 3 aromatic rings. The summed E-state index contributed by atoms with van der Waals surface area (Å²) < 4.78 is 1.69. The number of halogens is 1. The van der Waals surface area contributed by atoms with Crippen molar-refractivity contribution in [3.63, 3.8) is 0 Å². The summed E-state index contributed by atoms with van der Waals surface area (Å²) >= 11 is 6.56. The van der Waals surface area contributed by atoms with Crippen molar-refractivity contribution in [2.24, 2.45) is 0 Å². The molecule has 1 aromatic heterocycles. The zero-order valence-electron chi connectivity index (χ0n) is 17.2. The Morgan fingerprint density at radius 3 is 2.37 bits per heavy atom. The normalized spacial score (nSPS) is 15.3. The average Bonchev–Trinajstić information content (AvgIpc) is 3.38. The third-order valence-electron chi connectivity index (χ3n) is 5.69. The van der Waals surface area contributed by atoms with E-state index in [-0.39, 0.29) is 11.9 Å². The third-order valence-corrected chi connectivity index (χ3v) is 6.07. The number of nitrogens with one attached hydrogen (secondary N) is 1. The Morgan fingerprint density at radius 1 is 1.07 bits per heavy atom. The van der Waals surface area contributed by atoms with Crippen molar-refractivity contribution in [1.29, 1.82) is 0 Å². The fourth-order valence-electron chi connectivity index (χ4n) is 4.14. The molecule has 1 atom stereocenters. The summed E-state index contributed by atoms with van der Waals surface area (Å²) in [7, 11) is 0. The minimum absolute atomic E-state index is 0.163. The van der Waals surface area contributed by atoms with Crippen molar-refractivity contribution in [2.75, 3.05) is 19.6 Å². The molecular formula is C24H27ClN4O. The molecular weight excluding hydrogens is 396 g/mol. The van der Waals surface area contributed by atoms with E-state index in [0.29, 0.717) is 29.5 Å². The maximum atomic E-state index is 13.0. The van der Waals surface area contributed by atoms with Crippen LogP contribution in [0.2, 0.25) is 5.15 Å². The van der Waals surface area contributed by atoms with Crippen molar-refractivity contribution in [3.05, 3.63) is 88.2 Å². The number of benzene rings is 2. The molecule has 1 aliphatic rings. The molecule has 0 spiro atoms. The first-order valence-corrected chi connectivity index (χ1v) is 10.9. The van der Waals surface area contributed by atoms with Crippen LogP contribution in [-0.2, 0) is 6.54 Å². The van der Waals surface area contributed by atoms with E-state index in [2.05, 4.69) is 39.6 Å². The Balaban J connectivity index is 1.49. The van der Waals surface area contributed by atoms with Crippen LogP contribution in [0.1, 0.15) is 46.1 Å². The van der Waals surface area contributed by atoms with E-state index in [1.165, 1.54) is 18.4 Å². The van der Waals surface area contributed by atoms with E-state index in [0.717, 1.165) is 18.7 Å². The lowest BCUT2D eigenvalue weighted by atomic mass is 10.1. The summed E-state index contributed by atoms with van der Waals surface area (Å²) in [6, 6.07) is 20.5.